The van der Waals surface area contributed by atoms with E-state index in [1.54, 1.807) is 22.7 Å². The highest BCUT2D eigenvalue weighted by atomic mass is 32.2. The number of para-hydroxylation sites is 2. The minimum atomic E-state index is 0.837. The van der Waals surface area contributed by atoms with Crippen molar-refractivity contribution in [1.29, 1.82) is 0 Å². The third-order valence-corrected chi connectivity index (χ3v) is 6.69. The first kappa shape index (κ1) is 19.8. The molecule has 0 saturated heterocycles. The molecule has 29 heavy (non-hydrogen) atoms. The summed E-state index contributed by atoms with van der Waals surface area (Å²) in [4.78, 5) is 0. The smallest absolute Gasteiger partial charge is 0.210 e. The fourth-order valence-corrected chi connectivity index (χ4v) is 5.18. The van der Waals surface area contributed by atoms with E-state index in [0.29, 0.717) is 0 Å². The molecule has 0 bridgehead atoms. The van der Waals surface area contributed by atoms with Gasteiger partial charge in [0.25, 0.3) is 0 Å². The second-order valence-corrected chi connectivity index (χ2v) is 9.45. The topological polar surface area (TPSA) is 75.6 Å². The molecule has 9 heteroatoms. The van der Waals surface area contributed by atoms with E-state index in [2.05, 4.69) is 31.0 Å². The second kappa shape index (κ2) is 10.3. The van der Waals surface area contributed by atoms with Crippen molar-refractivity contribution in [3.8, 4) is 0 Å². The molecule has 2 aromatic heterocycles. The first-order chi connectivity index (χ1) is 14.3. The zero-order chi connectivity index (χ0) is 19.7. The van der Waals surface area contributed by atoms with Crippen molar-refractivity contribution >= 4 is 56.1 Å². The standard InChI is InChI=1S/C20H20N6S3/c1-3-7-15(8-4-1)21-19-25-23-17(28-19)11-13-27-14-12-18-24-26-20(29-18)22-16-9-5-2-6-10-16/h1-10H,11-14H2,(H,21,25)(H,22,26). The number of benzene rings is 2. The molecule has 0 spiro atoms. The van der Waals surface area contributed by atoms with Gasteiger partial charge in [0.15, 0.2) is 0 Å². The SMILES string of the molecule is c1ccc(Nc2nnc(CCSCCc3nnc(Nc4ccccc4)s3)s2)cc1. The Labute approximate surface area is 181 Å². The Balaban J connectivity index is 1.15. The molecule has 4 rings (SSSR count). The van der Waals surface area contributed by atoms with Crippen molar-refractivity contribution in [1.82, 2.24) is 20.4 Å². The van der Waals surface area contributed by atoms with Gasteiger partial charge in [-0.25, -0.2) is 0 Å². The maximum absolute atomic E-state index is 4.28. The van der Waals surface area contributed by atoms with Gasteiger partial charge < -0.3 is 10.6 Å². The molecule has 6 nitrogen and oxygen atoms in total. The van der Waals surface area contributed by atoms with Crippen LogP contribution in [0.15, 0.2) is 60.7 Å². The maximum Gasteiger partial charge on any atom is 0.210 e. The van der Waals surface area contributed by atoms with Crippen LogP contribution in [0.3, 0.4) is 0 Å². The Morgan fingerprint density at radius 3 is 1.52 bits per heavy atom. The van der Waals surface area contributed by atoms with Gasteiger partial charge >= 0.3 is 0 Å². The van der Waals surface area contributed by atoms with Gasteiger partial charge in [-0.1, -0.05) is 59.1 Å². The number of hydrogen-bond acceptors (Lipinski definition) is 9. The maximum atomic E-state index is 4.28. The molecule has 0 aliphatic rings. The number of rotatable bonds is 10. The van der Waals surface area contributed by atoms with Crippen LogP contribution in [0.5, 0.6) is 0 Å². The molecule has 2 N–H and O–H groups in total. The van der Waals surface area contributed by atoms with Crippen molar-refractivity contribution in [3.63, 3.8) is 0 Å². The average Bonchev–Trinajstić information content (AvgIpc) is 3.39. The van der Waals surface area contributed by atoms with Gasteiger partial charge in [-0.05, 0) is 35.8 Å². The van der Waals surface area contributed by atoms with Crippen LogP contribution < -0.4 is 10.6 Å². The van der Waals surface area contributed by atoms with Gasteiger partial charge in [-0.15, -0.1) is 20.4 Å². The lowest BCUT2D eigenvalue weighted by Gasteiger charge is -2.00. The van der Waals surface area contributed by atoms with Gasteiger partial charge in [-0.3, -0.25) is 0 Å². The van der Waals surface area contributed by atoms with Crippen LogP contribution >= 0.6 is 34.4 Å². The minimum absolute atomic E-state index is 0.837. The fraction of sp³-hybridized carbons (Fsp3) is 0.200. The van der Waals surface area contributed by atoms with E-state index in [-0.39, 0.29) is 0 Å². The van der Waals surface area contributed by atoms with Crippen molar-refractivity contribution in [3.05, 3.63) is 70.7 Å². The summed E-state index contributed by atoms with van der Waals surface area (Å²) < 4.78 is 0. The fourth-order valence-electron chi connectivity index (χ4n) is 2.52. The Hall–Kier alpha value is -2.49. The Kier molecular flexibility index (Phi) is 7.06. The van der Waals surface area contributed by atoms with Crippen LogP contribution in [0.4, 0.5) is 21.6 Å². The molecular formula is C20H20N6S3. The van der Waals surface area contributed by atoms with Gasteiger partial charge in [0.1, 0.15) is 10.0 Å². The minimum Gasteiger partial charge on any atom is -0.330 e. The molecule has 0 atom stereocenters. The second-order valence-electron chi connectivity index (χ2n) is 6.10. The molecule has 2 heterocycles. The molecule has 0 aliphatic carbocycles. The van der Waals surface area contributed by atoms with Crippen LogP contribution in [0.2, 0.25) is 0 Å². The molecule has 148 valence electrons. The van der Waals surface area contributed by atoms with Crippen molar-refractivity contribution in [2.45, 2.75) is 12.8 Å². The predicted molar refractivity (Wildman–Crippen MR) is 124 cm³/mol. The Morgan fingerprint density at radius 2 is 1.07 bits per heavy atom. The van der Waals surface area contributed by atoms with Crippen LogP contribution in [0.25, 0.3) is 0 Å². The highest BCUT2D eigenvalue weighted by Gasteiger charge is 2.06. The third kappa shape index (κ3) is 6.25. The number of aryl methyl sites for hydroxylation is 2. The van der Waals surface area contributed by atoms with Gasteiger partial charge in [0.2, 0.25) is 10.3 Å². The molecule has 2 aromatic carbocycles. The lowest BCUT2D eigenvalue weighted by atomic mass is 10.3. The van der Waals surface area contributed by atoms with Gasteiger partial charge in [-0.2, -0.15) is 11.8 Å². The van der Waals surface area contributed by atoms with E-state index >= 15 is 0 Å². The zero-order valence-electron chi connectivity index (χ0n) is 15.6. The number of anilines is 4. The third-order valence-electron chi connectivity index (χ3n) is 3.90. The molecule has 0 saturated carbocycles. The number of nitrogens with zero attached hydrogens (tertiary/aromatic N) is 4. The molecule has 0 radical (unpaired) electrons. The molecule has 0 amide bonds. The average molecular weight is 441 g/mol. The highest BCUT2D eigenvalue weighted by molar-refractivity contribution is 7.99. The molecule has 0 unspecified atom stereocenters. The number of nitrogens with one attached hydrogen (secondary N) is 2. The molecular weight excluding hydrogens is 420 g/mol. The Bertz CT molecular complexity index is 922. The predicted octanol–water partition coefficient (Wildman–Crippen LogP) is 5.40. The number of thioether (sulfide) groups is 1. The van der Waals surface area contributed by atoms with E-state index in [1.165, 1.54) is 0 Å². The van der Waals surface area contributed by atoms with E-state index < -0.39 is 0 Å². The summed E-state index contributed by atoms with van der Waals surface area (Å²) in [5.74, 6) is 2.04. The normalized spacial score (nSPS) is 10.8. The summed E-state index contributed by atoms with van der Waals surface area (Å²) >= 11 is 5.13. The summed E-state index contributed by atoms with van der Waals surface area (Å²) in [6.45, 7) is 0. The van der Waals surface area contributed by atoms with Crippen LogP contribution in [0.1, 0.15) is 10.0 Å². The van der Waals surface area contributed by atoms with Crippen LogP contribution in [-0.2, 0) is 12.8 Å². The number of hydrogen-bond donors (Lipinski definition) is 2. The Morgan fingerprint density at radius 1 is 0.621 bits per heavy atom. The lowest BCUT2D eigenvalue weighted by molar-refractivity contribution is 0.981. The van der Waals surface area contributed by atoms with E-state index in [4.69, 9.17) is 0 Å². The largest absolute Gasteiger partial charge is 0.330 e. The van der Waals surface area contributed by atoms with E-state index in [9.17, 15) is 0 Å². The first-order valence-corrected chi connectivity index (χ1v) is 12.0. The lowest BCUT2D eigenvalue weighted by Crippen LogP contribution is -1.92. The molecule has 0 aliphatic heterocycles. The summed E-state index contributed by atoms with van der Waals surface area (Å²) in [6.07, 6.45) is 1.85. The highest BCUT2D eigenvalue weighted by Crippen LogP contribution is 2.23. The molecule has 0 fully saturated rings. The summed E-state index contributed by atoms with van der Waals surface area (Å²) in [5.41, 5.74) is 2.06. The molecule has 4 aromatic rings. The van der Waals surface area contributed by atoms with Crippen LogP contribution in [-0.4, -0.2) is 31.9 Å². The van der Waals surface area contributed by atoms with Gasteiger partial charge in [0, 0.05) is 24.2 Å². The van der Waals surface area contributed by atoms with Crippen LogP contribution in [0, 0.1) is 0 Å². The number of aromatic nitrogens is 4. The zero-order valence-corrected chi connectivity index (χ0v) is 18.1. The van der Waals surface area contributed by atoms with E-state index in [0.717, 1.165) is 56.0 Å². The summed E-state index contributed by atoms with van der Waals surface area (Å²) in [5, 5.41) is 27.3. The van der Waals surface area contributed by atoms with Gasteiger partial charge in [0.05, 0.1) is 0 Å². The first-order valence-electron chi connectivity index (χ1n) is 9.22. The quantitative estimate of drug-likeness (QED) is 0.320. The van der Waals surface area contributed by atoms with Crippen molar-refractivity contribution < 1.29 is 0 Å². The van der Waals surface area contributed by atoms with E-state index in [1.807, 2.05) is 72.4 Å². The van der Waals surface area contributed by atoms with Crippen molar-refractivity contribution in [2.75, 3.05) is 22.1 Å². The van der Waals surface area contributed by atoms with Crippen molar-refractivity contribution in [2.24, 2.45) is 0 Å². The summed E-state index contributed by atoms with van der Waals surface area (Å²) in [7, 11) is 0. The monoisotopic (exact) mass is 440 g/mol. The summed E-state index contributed by atoms with van der Waals surface area (Å²) in [6, 6.07) is 20.1.